The van der Waals surface area contributed by atoms with E-state index < -0.39 is 0 Å². The molecule has 1 N–H and O–H groups in total. The number of carbonyl (C=O) groups is 1. The summed E-state index contributed by atoms with van der Waals surface area (Å²) in [7, 11) is 0. The lowest BCUT2D eigenvalue weighted by atomic mass is 9.96. The Morgan fingerprint density at radius 1 is 1.40 bits per heavy atom. The van der Waals surface area contributed by atoms with Gasteiger partial charge in [0.1, 0.15) is 11.6 Å². The smallest absolute Gasteiger partial charge is 0.229 e. The lowest BCUT2D eigenvalue weighted by Gasteiger charge is -2.32. The van der Waals surface area contributed by atoms with Crippen LogP contribution in [0.2, 0.25) is 5.02 Å². The van der Waals surface area contributed by atoms with Crippen LogP contribution in [0.5, 0.6) is 0 Å². The zero-order chi connectivity index (χ0) is 17.8. The number of piperidine rings is 1. The van der Waals surface area contributed by atoms with Crippen molar-refractivity contribution in [3.8, 4) is 0 Å². The number of halogens is 3. The summed E-state index contributed by atoms with van der Waals surface area (Å²) in [5.41, 5.74) is 0.874. The van der Waals surface area contributed by atoms with E-state index in [9.17, 15) is 9.18 Å². The van der Waals surface area contributed by atoms with Crippen LogP contribution < -0.4 is 5.32 Å². The molecule has 1 aromatic heterocycles. The normalized spacial score (nSPS) is 18.1. The van der Waals surface area contributed by atoms with Crippen molar-refractivity contribution >= 4 is 39.3 Å². The van der Waals surface area contributed by atoms with E-state index in [1.54, 1.807) is 18.3 Å². The maximum atomic E-state index is 13.2. The molecule has 7 heteroatoms. The third kappa shape index (κ3) is 5.00. The quantitative estimate of drug-likeness (QED) is 0.783. The summed E-state index contributed by atoms with van der Waals surface area (Å²) in [6.07, 6.45) is 3.43. The van der Waals surface area contributed by atoms with Gasteiger partial charge in [-0.3, -0.25) is 9.69 Å². The molecule has 1 atom stereocenters. The predicted octanol–water partition coefficient (Wildman–Crippen LogP) is 4.49. The number of benzene rings is 1. The molecule has 0 bridgehead atoms. The zero-order valence-electron chi connectivity index (χ0n) is 13.5. The molecule has 0 aliphatic carbocycles. The maximum absolute atomic E-state index is 13.2. The predicted molar refractivity (Wildman–Crippen MR) is 100.0 cm³/mol. The van der Waals surface area contributed by atoms with Gasteiger partial charge in [0, 0.05) is 28.8 Å². The second-order valence-electron chi connectivity index (χ2n) is 6.16. The van der Waals surface area contributed by atoms with Crippen molar-refractivity contribution in [2.75, 3.05) is 18.4 Å². The van der Waals surface area contributed by atoms with Gasteiger partial charge in [0.25, 0.3) is 0 Å². The Hall–Kier alpha value is -1.50. The number of nitrogens with one attached hydrogen (secondary N) is 1. The summed E-state index contributed by atoms with van der Waals surface area (Å²) in [4.78, 5) is 18.9. The van der Waals surface area contributed by atoms with Crippen molar-refractivity contribution in [1.29, 1.82) is 0 Å². The van der Waals surface area contributed by atoms with E-state index in [4.69, 9.17) is 11.6 Å². The van der Waals surface area contributed by atoms with Gasteiger partial charge in [-0.05, 0) is 65.1 Å². The average Bonchev–Trinajstić information content (AvgIpc) is 2.60. The molecule has 1 saturated heterocycles. The first-order valence-electron chi connectivity index (χ1n) is 8.10. The fourth-order valence-corrected chi connectivity index (χ4v) is 3.44. The molecule has 3 rings (SSSR count). The second-order valence-corrected chi connectivity index (χ2v) is 7.48. The zero-order valence-corrected chi connectivity index (χ0v) is 15.9. The van der Waals surface area contributed by atoms with Crippen LogP contribution >= 0.6 is 27.5 Å². The van der Waals surface area contributed by atoms with Gasteiger partial charge in [-0.15, -0.1) is 0 Å². The molecule has 1 unspecified atom stereocenters. The standard InChI is InChI=1S/C18H18BrClFN3O/c19-14-4-6-17(22-9-14)23-18(25)13-2-1-7-24(11-13)10-12-3-5-15(21)8-16(12)20/h3-6,8-9,13H,1-2,7,10-11H2,(H,22,23,25). The highest BCUT2D eigenvalue weighted by molar-refractivity contribution is 9.10. The van der Waals surface area contributed by atoms with Crippen molar-refractivity contribution in [1.82, 2.24) is 9.88 Å². The third-order valence-corrected chi connectivity index (χ3v) is 5.08. The number of aromatic nitrogens is 1. The molecule has 0 saturated carbocycles. The lowest BCUT2D eigenvalue weighted by molar-refractivity contribution is -0.121. The Balaban J connectivity index is 1.60. The maximum Gasteiger partial charge on any atom is 0.229 e. The van der Waals surface area contributed by atoms with Crippen molar-refractivity contribution < 1.29 is 9.18 Å². The van der Waals surface area contributed by atoms with Crippen LogP contribution in [0.25, 0.3) is 0 Å². The fraction of sp³-hybridized carbons (Fsp3) is 0.333. The van der Waals surface area contributed by atoms with Crippen LogP contribution in [-0.4, -0.2) is 28.9 Å². The van der Waals surface area contributed by atoms with E-state index in [0.717, 1.165) is 29.4 Å². The highest BCUT2D eigenvalue weighted by Gasteiger charge is 2.26. The first-order chi connectivity index (χ1) is 12.0. The molecule has 1 amide bonds. The minimum absolute atomic E-state index is 0.0234. The molecular formula is C18H18BrClFN3O. The summed E-state index contributed by atoms with van der Waals surface area (Å²) in [5, 5.41) is 3.29. The van der Waals surface area contributed by atoms with Crippen molar-refractivity contribution in [2.45, 2.75) is 19.4 Å². The summed E-state index contributed by atoms with van der Waals surface area (Å²) in [5.74, 6) is 0.0849. The van der Waals surface area contributed by atoms with Crippen LogP contribution in [0.4, 0.5) is 10.2 Å². The first-order valence-corrected chi connectivity index (χ1v) is 9.27. The number of hydrogen-bond acceptors (Lipinski definition) is 3. The van der Waals surface area contributed by atoms with Crippen molar-refractivity contribution in [3.63, 3.8) is 0 Å². The molecule has 2 heterocycles. The average molecular weight is 427 g/mol. The van der Waals surface area contributed by atoms with Gasteiger partial charge in [0.2, 0.25) is 5.91 Å². The van der Waals surface area contributed by atoms with Crippen molar-refractivity contribution in [3.05, 3.63) is 57.4 Å². The van der Waals surface area contributed by atoms with E-state index in [-0.39, 0.29) is 17.6 Å². The molecular weight excluding hydrogens is 409 g/mol. The Labute approximate surface area is 159 Å². The monoisotopic (exact) mass is 425 g/mol. The van der Waals surface area contributed by atoms with E-state index in [0.29, 0.717) is 23.9 Å². The molecule has 132 valence electrons. The van der Waals surface area contributed by atoms with E-state index in [1.165, 1.54) is 12.1 Å². The molecule has 25 heavy (non-hydrogen) atoms. The number of hydrogen-bond donors (Lipinski definition) is 1. The van der Waals surface area contributed by atoms with Crippen molar-refractivity contribution in [2.24, 2.45) is 5.92 Å². The number of nitrogens with zero attached hydrogens (tertiary/aromatic N) is 2. The van der Waals surface area contributed by atoms with Gasteiger partial charge in [-0.2, -0.15) is 0 Å². The summed E-state index contributed by atoms with van der Waals surface area (Å²) in [6.45, 7) is 2.16. The van der Waals surface area contributed by atoms with Crippen LogP contribution in [0.1, 0.15) is 18.4 Å². The van der Waals surface area contributed by atoms with Crippen LogP contribution in [0.15, 0.2) is 41.0 Å². The number of rotatable bonds is 4. The number of likely N-dealkylation sites (tertiary alicyclic amines) is 1. The number of carbonyl (C=O) groups excluding carboxylic acids is 1. The largest absolute Gasteiger partial charge is 0.310 e. The first kappa shape index (κ1) is 18.3. The SMILES string of the molecule is O=C(Nc1ccc(Br)cn1)C1CCCN(Cc2ccc(F)cc2Cl)C1. The summed E-state index contributed by atoms with van der Waals surface area (Å²) >= 11 is 9.43. The van der Waals surface area contributed by atoms with Gasteiger partial charge < -0.3 is 5.32 Å². The van der Waals surface area contributed by atoms with Crippen LogP contribution in [-0.2, 0) is 11.3 Å². The van der Waals surface area contributed by atoms with E-state index in [2.05, 4.69) is 31.1 Å². The molecule has 4 nitrogen and oxygen atoms in total. The van der Waals surface area contributed by atoms with Gasteiger partial charge in [0.05, 0.1) is 5.92 Å². The molecule has 1 aliphatic heterocycles. The lowest BCUT2D eigenvalue weighted by Crippen LogP contribution is -2.40. The van der Waals surface area contributed by atoms with Gasteiger partial charge in [0.15, 0.2) is 0 Å². The summed E-state index contributed by atoms with van der Waals surface area (Å²) < 4.78 is 14.0. The fourth-order valence-electron chi connectivity index (χ4n) is 2.98. The van der Waals surface area contributed by atoms with Crippen LogP contribution in [0.3, 0.4) is 0 Å². The minimum Gasteiger partial charge on any atom is -0.310 e. The Morgan fingerprint density at radius 2 is 2.24 bits per heavy atom. The molecule has 1 aliphatic rings. The highest BCUT2D eigenvalue weighted by atomic mass is 79.9. The van der Waals surface area contributed by atoms with Gasteiger partial charge in [-0.1, -0.05) is 17.7 Å². The third-order valence-electron chi connectivity index (χ3n) is 4.26. The Morgan fingerprint density at radius 3 is 2.96 bits per heavy atom. The number of pyridine rings is 1. The minimum atomic E-state index is -0.341. The Bertz CT molecular complexity index is 756. The molecule has 1 fully saturated rings. The number of anilines is 1. The number of amides is 1. The van der Waals surface area contributed by atoms with E-state index in [1.807, 2.05) is 6.07 Å². The molecule has 0 spiro atoms. The van der Waals surface area contributed by atoms with E-state index >= 15 is 0 Å². The topological polar surface area (TPSA) is 45.2 Å². The molecule has 0 radical (unpaired) electrons. The summed E-state index contributed by atoms with van der Waals surface area (Å²) in [6, 6.07) is 8.04. The molecule has 2 aromatic rings. The second kappa shape index (κ2) is 8.25. The van der Waals surface area contributed by atoms with Crippen LogP contribution in [0, 0.1) is 11.7 Å². The molecule has 1 aromatic carbocycles. The Kier molecular flexibility index (Phi) is 6.04. The highest BCUT2D eigenvalue weighted by Crippen LogP contribution is 2.24. The van der Waals surface area contributed by atoms with Gasteiger partial charge >= 0.3 is 0 Å². The van der Waals surface area contributed by atoms with Gasteiger partial charge in [-0.25, -0.2) is 9.37 Å².